The van der Waals surface area contributed by atoms with Crippen LogP contribution in [0.3, 0.4) is 0 Å². The van der Waals surface area contributed by atoms with Crippen LogP contribution in [-0.4, -0.2) is 29.5 Å². The largest absolute Gasteiger partial charge is 0.277 e. The van der Waals surface area contributed by atoms with Gasteiger partial charge in [-0.25, -0.2) is 15.0 Å². The standard InChI is InChI=1S/C37H20N6S2/c1-3-11-21(12-4-1)34-40-35(22-13-5-2-6-14-22)42-37(41-34)43-26-17-9-7-15-23(26)28-31(43)29-25-19-38-20-39-36(25)45-33(29)30-24-16-8-10-18-27(24)44-32(28)30/h1-20H. The normalized spacial score (nSPS) is 12.0. The molecule has 0 fully saturated rings. The molecule has 0 amide bonds. The zero-order valence-electron chi connectivity index (χ0n) is 23.5. The number of hydrogen-bond donors (Lipinski definition) is 0. The SMILES string of the molecule is c1ccc(-c2nc(-c3ccccc3)nc(-n3c4ccccc4c4c5sc6ccccc6c5c5sc6ncncc6c5c43)n2)cc1. The average Bonchev–Trinajstić information content (AvgIpc) is 3.78. The second-order valence-corrected chi connectivity index (χ2v) is 13.0. The van der Waals surface area contributed by atoms with Crippen LogP contribution in [0.15, 0.2) is 122 Å². The molecular weight excluding hydrogens is 593 g/mol. The molecule has 6 nitrogen and oxygen atoms in total. The van der Waals surface area contributed by atoms with Crippen LogP contribution in [-0.2, 0) is 0 Å². The number of fused-ring (bicyclic) bond motifs is 12. The molecule has 0 unspecified atom stereocenters. The first-order valence-corrected chi connectivity index (χ1v) is 16.2. The Morgan fingerprint density at radius 3 is 1.91 bits per heavy atom. The van der Waals surface area contributed by atoms with Crippen molar-refractivity contribution in [3.8, 4) is 28.7 Å². The predicted octanol–water partition coefficient (Wildman–Crippen LogP) is 9.83. The number of hydrogen-bond acceptors (Lipinski definition) is 7. The molecule has 210 valence electrons. The highest BCUT2D eigenvalue weighted by atomic mass is 32.1. The molecule has 0 N–H and O–H groups in total. The Hall–Kier alpha value is -5.57. The van der Waals surface area contributed by atoms with Crippen LogP contribution in [0.5, 0.6) is 0 Å². The fourth-order valence-corrected chi connectivity index (χ4v) is 9.03. The van der Waals surface area contributed by atoms with E-state index < -0.39 is 0 Å². The topological polar surface area (TPSA) is 69.4 Å². The van der Waals surface area contributed by atoms with Crippen molar-refractivity contribution in [2.24, 2.45) is 0 Å². The molecule has 0 aliphatic heterocycles. The monoisotopic (exact) mass is 612 g/mol. The summed E-state index contributed by atoms with van der Waals surface area (Å²) < 4.78 is 5.96. The van der Waals surface area contributed by atoms with Crippen molar-refractivity contribution in [2.75, 3.05) is 0 Å². The molecule has 0 saturated carbocycles. The zero-order chi connectivity index (χ0) is 29.5. The van der Waals surface area contributed by atoms with E-state index in [1.165, 1.54) is 30.3 Å². The van der Waals surface area contributed by atoms with Crippen molar-refractivity contribution < 1.29 is 0 Å². The molecule has 10 rings (SSSR count). The van der Waals surface area contributed by atoms with E-state index in [-0.39, 0.29) is 0 Å². The van der Waals surface area contributed by atoms with E-state index in [4.69, 9.17) is 19.9 Å². The molecule has 0 bridgehead atoms. The van der Waals surface area contributed by atoms with Crippen molar-refractivity contribution >= 4 is 85.0 Å². The molecule has 0 aliphatic carbocycles. The number of rotatable bonds is 3. The van der Waals surface area contributed by atoms with Gasteiger partial charge in [-0.05, 0) is 12.1 Å². The van der Waals surface area contributed by atoms with E-state index in [0.717, 1.165) is 43.1 Å². The number of aromatic nitrogens is 6. The Bertz CT molecular complexity index is 2670. The van der Waals surface area contributed by atoms with E-state index in [9.17, 15) is 0 Å². The summed E-state index contributed by atoms with van der Waals surface area (Å²) in [6.07, 6.45) is 3.58. The van der Waals surface area contributed by atoms with Gasteiger partial charge in [0.15, 0.2) is 11.6 Å². The van der Waals surface area contributed by atoms with Crippen molar-refractivity contribution in [3.05, 3.63) is 122 Å². The summed E-state index contributed by atoms with van der Waals surface area (Å²) in [6.45, 7) is 0. The maximum Gasteiger partial charge on any atom is 0.238 e. The Morgan fingerprint density at radius 1 is 0.533 bits per heavy atom. The minimum Gasteiger partial charge on any atom is -0.277 e. The summed E-state index contributed by atoms with van der Waals surface area (Å²) in [7, 11) is 0. The first-order valence-electron chi connectivity index (χ1n) is 14.6. The fourth-order valence-electron chi connectivity index (χ4n) is 6.51. The molecule has 45 heavy (non-hydrogen) atoms. The maximum atomic E-state index is 5.18. The molecule has 10 aromatic rings. The Kier molecular flexibility index (Phi) is 5.22. The molecular formula is C37H20N6S2. The summed E-state index contributed by atoms with van der Waals surface area (Å²) in [6, 6.07) is 37.5. The minimum atomic E-state index is 0.576. The van der Waals surface area contributed by atoms with Crippen LogP contribution in [0.4, 0.5) is 0 Å². The first kappa shape index (κ1) is 24.8. The van der Waals surface area contributed by atoms with Gasteiger partial charge in [0, 0.05) is 63.7 Å². The van der Waals surface area contributed by atoms with E-state index >= 15 is 0 Å². The van der Waals surface area contributed by atoms with Gasteiger partial charge < -0.3 is 0 Å². The summed E-state index contributed by atoms with van der Waals surface area (Å²) in [5.41, 5.74) is 3.98. The van der Waals surface area contributed by atoms with Crippen LogP contribution in [0.1, 0.15) is 0 Å². The molecule has 5 aromatic carbocycles. The maximum absolute atomic E-state index is 5.18. The molecule has 0 saturated heterocycles. The van der Waals surface area contributed by atoms with Crippen molar-refractivity contribution in [1.82, 2.24) is 29.5 Å². The van der Waals surface area contributed by atoms with E-state index in [2.05, 4.69) is 58.1 Å². The van der Waals surface area contributed by atoms with Gasteiger partial charge in [-0.15, -0.1) is 22.7 Å². The molecule has 0 spiro atoms. The van der Waals surface area contributed by atoms with Gasteiger partial charge in [0.05, 0.1) is 11.0 Å². The lowest BCUT2D eigenvalue weighted by molar-refractivity contribution is 0.955. The first-order chi connectivity index (χ1) is 22.3. The van der Waals surface area contributed by atoms with Crippen LogP contribution in [0.25, 0.3) is 91.0 Å². The van der Waals surface area contributed by atoms with Gasteiger partial charge in [-0.1, -0.05) is 97.1 Å². The molecule has 0 atom stereocenters. The average molecular weight is 613 g/mol. The second-order valence-electron chi connectivity index (χ2n) is 10.9. The Morgan fingerprint density at radius 2 is 1.16 bits per heavy atom. The third-order valence-corrected chi connectivity index (χ3v) is 10.7. The lowest BCUT2D eigenvalue weighted by Gasteiger charge is -2.11. The second kappa shape index (κ2) is 9.46. The van der Waals surface area contributed by atoms with Crippen molar-refractivity contribution in [2.45, 2.75) is 0 Å². The minimum absolute atomic E-state index is 0.576. The summed E-state index contributed by atoms with van der Waals surface area (Å²) >= 11 is 3.57. The van der Waals surface area contributed by atoms with Crippen molar-refractivity contribution in [1.29, 1.82) is 0 Å². The smallest absolute Gasteiger partial charge is 0.238 e. The van der Waals surface area contributed by atoms with Gasteiger partial charge in [-0.3, -0.25) is 4.57 Å². The lowest BCUT2D eigenvalue weighted by Crippen LogP contribution is -2.06. The van der Waals surface area contributed by atoms with Crippen LogP contribution in [0.2, 0.25) is 0 Å². The highest BCUT2D eigenvalue weighted by molar-refractivity contribution is 7.30. The third-order valence-electron chi connectivity index (χ3n) is 8.42. The van der Waals surface area contributed by atoms with Crippen LogP contribution in [0, 0.1) is 0 Å². The predicted molar refractivity (Wildman–Crippen MR) is 186 cm³/mol. The molecule has 8 heteroatoms. The molecule has 5 heterocycles. The summed E-state index contributed by atoms with van der Waals surface area (Å²) in [5, 5.41) is 7.05. The Labute approximate surface area is 263 Å². The van der Waals surface area contributed by atoms with Gasteiger partial charge in [0.1, 0.15) is 11.2 Å². The number of nitrogens with zero attached hydrogens (tertiary/aromatic N) is 6. The highest BCUT2D eigenvalue weighted by Crippen LogP contribution is 2.51. The number of benzene rings is 5. The summed E-state index contributed by atoms with van der Waals surface area (Å²) in [4.78, 5) is 25.5. The van der Waals surface area contributed by atoms with Gasteiger partial charge >= 0.3 is 0 Å². The van der Waals surface area contributed by atoms with Crippen LogP contribution < -0.4 is 0 Å². The number of para-hydroxylation sites is 1. The lowest BCUT2D eigenvalue weighted by atomic mass is 10.0. The number of thiophene rings is 2. The van der Waals surface area contributed by atoms with Crippen LogP contribution >= 0.6 is 22.7 Å². The molecule has 0 aliphatic rings. The van der Waals surface area contributed by atoms with Gasteiger partial charge in [-0.2, -0.15) is 9.97 Å². The fraction of sp³-hybridized carbons (Fsp3) is 0. The summed E-state index contributed by atoms with van der Waals surface area (Å²) in [5.74, 6) is 1.83. The third kappa shape index (κ3) is 3.58. The molecule has 5 aromatic heterocycles. The Balaban J connectivity index is 1.45. The van der Waals surface area contributed by atoms with Gasteiger partial charge in [0.25, 0.3) is 0 Å². The van der Waals surface area contributed by atoms with E-state index in [0.29, 0.717) is 17.6 Å². The zero-order valence-corrected chi connectivity index (χ0v) is 25.2. The highest BCUT2D eigenvalue weighted by Gasteiger charge is 2.26. The molecule has 0 radical (unpaired) electrons. The van der Waals surface area contributed by atoms with E-state index in [1.807, 2.05) is 78.2 Å². The quantitative estimate of drug-likeness (QED) is 0.199. The van der Waals surface area contributed by atoms with Crippen molar-refractivity contribution in [3.63, 3.8) is 0 Å². The van der Waals surface area contributed by atoms with E-state index in [1.54, 1.807) is 17.7 Å². The van der Waals surface area contributed by atoms with Gasteiger partial charge in [0.2, 0.25) is 5.95 Å².